The van der Waals surface area contributed by atoms with Crippen LogP contribution in [0.25, 0.3) is 22.8 Å². The second-order valence-corrected chi connectivity index (χ2v) is 6.53. The summed E-state index contributed by atoms with van der Waals surface area (Å²) in [7, 11) is 0. The summed E-state index contributed by atoms with van der Waals surface area (Å²) in [5.41, 5.74) is 3.90. The first-order chi connectivity index (χ1) is 14.2. The molecule has 7 heteroatoms. The van der Waals surface area contributed by atoms with E-state index in [-0.39, 0.29) is 5.91 Å². The average Bonchev–Trinajstić information content (AvgIpc) is 3.20. The topological polar surface area (TPSA) is 93.8 Å². The molecule has 0 aliphatic heterocycles. The molecular formula is C22H19N5O2. The molecule has 3 heterocycles. The maximum absolute atomic E-state index is 12.3. The third-order valence-corrected chi connectivity index (χ3v) is 4.34. The van der Waals surface area contributed by atoms with Crippen molar-refractivity contribution in [3.05, 3.63) is 78.4 Å². The van der Waals surface area contributed by atoms with E-state index in [9.17, 15) is 4.79 Å². The molecule has 0 fully saturated rings. The van der Waals surface area contributed by atoms with Gasteiger partial charge in [0.25, 0.3) is 0 Å². The van der Waals surface area contributed by atoms with Crippen LogP contribution < -0.4 is 5.32 Å². The van der Waals surface area contributed by atoms with Crippen LogP contribution >= 0.6 is 0 Å². The van der Waals surface area contributed by atoms with Crippen molar-refractivity contribution < 1.29 is 9.32 Å². The lowest BCUT2D eigenvalue weighted by atomic mass is 10.1. The van der Waals surface area contributed by atoms with Crippen LogP contribution in [-0.4, -0.2) is 26.0 Å². The molecule has 3 aromatic heterocycles. The van der Waals surface area contributed by atoms with E-state index in [2.05, 4.69) is 25.4 Å². The number of anilines is 1. The highest BCUT2D eigenvalue weighted by Crippen LogP contribution is 2.23. The number of nitrogens with zero attached hydrogens (tertiary/aromatic N) is 4. The summed E-state index contributed by atoms with van der Waals surface area (Å²) in [6.45, 7) is 1.74. The minimum atomic E-state index is -0.0463. The van der Waals surface area contributed by atoms with E-state index in [4.69, 9.17) is 4.52 Å². The first-order valence-electron chi connectivity index (χ1n) is 9.24. The Morgan fingerprint density at radius 1 is 1.00 bits per heavy atom. The maximum Gasteiger partial charge on any atom is 0.224 e. The molecule has 144 valence electrons. The Balaban J connectivity index is 1.47. The van der Waals surface area contributed by atoms with E-state index in [1.165, 1.54) is 0 Å². The van der Waals surface area contributed by atoms with Crippen LogP contribution in [-0.2, 0) is 11.2 Å². The number of hydrogen-bond donors (Lipinski definition) is 1. The molecule has 0 unspecified atom stereocenters. The second kappa shape index (κ2) is 8.43. The molecule has 4 aromatic rings. The van der Waals surface area contributed by atoms with Crippen molar-refractivity contribution in [2.45, 2.75) is 19.8 Å². The van der Waals surface area contributed by atoms with Gasteiger partial charge in [-0.1, -0.05) is 35.5 Å². The fourth-order valence-corrected chi connectivity index (χ4v) is 2.90. The zero-order valence-corrected chi connectivity index (χ0v) is 15.9. The Kier molecular flexibility index (Phi) is 5.38. The van der Waals surface area contributed by atoms with Crippen molar-refractivity contribution >= 4 is 11.6 Å². The van der Waals surface area contributed by atoms with E-state index in [1.54, 1.807) is 31.5 Å². The van der Waals surface area contributed by atoms with Gasteiger partial charge in [-0.2, -0.15) is 4.98 Å². The Morgan fingerprint density at radius 2 is 1.76 bits per heavy atom. The molecule has 0 spiro atoms. The smallest absolute Gasteiger partial charge is 0.224 e. The molecule has 1 amide bonds. The largest absolute Gasteiger partial charge is 0.339 e. The van der Waals surface area contributed by atoms with Crippen molar-refractivity contribution in [1.82, 2.24) is 20.1 Å². The minimum Gasteiger partial charge on any atom is -0.339 e. The fraction of sp³-hybridized carbons (Fsp3) is 0.136. The summed E-state index contributed by atoms with van der Waals surface area (Å²) in [5.74, 6) is 0.947. The number of nitrogens with one attached hydrogen (secondary N) is 1. The van der Waals surface area contributed by atoms with Gasteiger partial charge in [0.2, 0.25) is 17.6 Å². The van der Waals surface area contributed by atoms with E-state index < -0.39 is 0 Å². The van der Waals surface area contributed by atoms with Crippen LogP contribution in [0.3, 0.4) is 0 Å². The molecule has 29 heavy (non-hydrogen) atoms. The molecule has 0 aliphatic carbocycles. The van der Waals surface area contributed by atoms with Gasteiger partial charge < -0.3 is 9.84 Å². The van der Waals surface area contributed by atoms with Crippen LogP contribution in [0.4, 0.5) is 5.69 Å². The highest BCUT2D eigenvalue weighted by Gasteiger charge is 2.10. The van der Waals surface area contributed by atoms with Gasteiger partial charge in [0.05, 0.1) is 11.4 Å². The summed E-state index contributed by atoms with van der Waals surface area (Å²) in [5, 5.41) is 6.86. The molecule has 0 aliphatic rings. The summed E-state index contributed by atoms with van der Waals surface area (Å²) in [6, 6.07) is 17.1. The molecule has 4 rings (SSSR count). The minimum absolute atomic E-state index is 0.0463. The first-order valence-corrected chi connectivity index (χ1v) is 9.24. The summed E-state index contributed by atoms with van der Waals surface area (Å²) < 4.78 is 5.04. The lowest BCUT2D eigenvalue weighted by Gasteiger charge is -2.07. The van der Waals surface area contributed by atoms with Crippen LogP contribution in [0.2, 0.25) is 0 Å². The highest BCUT2D eigenvalue weighted by molar-refractivity contribution is 5.91. The number of benzene rings is 1. The Morgan fingerprint density at radius 3 is 2.52 bits per heavy atom. The molecule has 0 radical (unpaired) electrons. The number of aromatic nitrogens is 4. The van der Waals surface area contributed by atoms with E-state index in [1.807, 2.05) is 42.5 Å². The molecule has 0 saturated carbocycles. The normalized spacial score (nSPS) is 10.7. The SMILES string of the molecule is Cc1nc(-c2ccnc(-c3cc(NC(=O)CCc4ccccc4)ccn3)c2)no1. The van der Waals surface area contributed by atoms with Gasteiger partial charge in [0.1, 0.15) is 0 Å². The zero-order valence-electron chi connectivity index (χ0n) is 15.9. The zero-order chi connectivity index (χ0) is 20.1. The van der Waals surface area contributed by atoms with Gasteiger partial charge in [-0.3, -0.25) is 14.8 Å². The van der Waals surface area contributed by atoms with Gasteiger partial charge >= 0.3 is 0 Å². The predicted molar refractivity (Wildman–Crippen MR) is 109 cm³/mol. The number of pyridine rings is 2. The number of aryl methyl sites for hydroxylation is 2. The molecule has 0 saturated heterocycles. The van der Waals surface area contributed by atoms with E-state index in [0.717, 1.165) is 11.1 Å². The van der Waals surface area contributed by atoms with E-state index >= 15 is 0 Å². The highest BCUT2D eigenvalue weighted by atomic mass is 16.5. The average molecular weight is 385 g/mol. The van der Waals surface area contributed by atoms with Crippen molar-refractivity contribution in [3.63, 3.8) is 0 Å². The molecule has 1 N–H and O–H groups in total. The standard InChI is InChI=1S/C22H19N5O2/c1-15-25-22(27-29-15)17-9-11-23-19(13-17)20-14-18(10-12-24-20)26-21(28)8-7-16-5-3-2-4-6-16/h2-6,9-14H,7-8H2,1H3,(H,24,26,28). The first kappa shape index (κ1) is 18.5. The number of carbonyl (C=O) groups excluding carboxylic acids is 1. The third kappa shape index (κ3) is 4.70. The van der Waals surface area contributed by atoms with Gasteiger partial charge in [-0.25, -0.2) is 0 Å². The maximum atomic E-state index is 12.3. The van der Waals surface area contributed by atoms with Crippen molar-refractivity contribution in [1.29, 1.82) is 0 Å². The van der Waals surface area contributed by atoms with Gasteiger partial charge in [0.15, 0.2) is 0 Å². The predicted octanol–water partition coefficient (Wildman–Crippen LogP) is 4.07. The molecule has 7 nitrogen and oxygen atoms in total. The van der Waals surface area contributed by atoms with Crippen molar-refractivity contribution in [3.8, 4) is 22.8 Å². The molecular weight excluding hydrogens is 366 g/mol. The molecule has 1 aromatic carbocycles. The Bertz CT molecular complexity index is 1120. The van der Waals surface area contributed by atoms with Gasteiger partial charge in [0, 0.05) is 37.0 Å². The monoisotopic (exact) mass is 385 g/mol. The second-order valence-electron chi connectivity index (χ2n) is 6.53. The third-order valence-electron chi connectivity index (χ3n) is 4.34. The van der Waals surface area contributed by atoms with Crippen LogP contribution in [0.5, 0.6) is 0 Å². The lowest BCUT2D eigenvalue weighted by Crippen LogP contribution is -2.12. The van der Waals surface area contributed by atoms with Crippen molar-refractivity contribution in [2.24, 2.45) is 0 Å². The van der Waals surface area contributed by atoms with Gasteiger partial charge in [-0.15, -0.1) is 0 Å². The van der Waals surface area contributed by atoms with Crippen LogP contribution in [0.15, 0.2) is 71.5 Å². The summed E-state index contributed by atoms with van der Waals surface area (Å²) in [4.78, 5) is 25.3. The molecule has 0 atom stereocenters. The fourth-order valence-electron chi connectivity index (χ4n) is 2.90. The quantitative estimate of drug-likeness (QED) is 0.538. The van der Waals surface area contributed by atoms with Crippen LogP contribution in [0.1, 0.15) is 17.9 Å². The van der Waals surface area contributed by atoms with Crippen LogP contribution in [0, 0.1) is 6.92 Å². The van der Waals surface area contributed by atoms with Crippen molar-refractivity contribution in [2.75, 3.05) is 5.32 Å². The Labute approximate surface area is 167 Å². The number of rotatable bonds is 6. The Hall–Kier alpha value is -3.87. The lowest BCUT2D eigenvalue weighted by molar-refractivity contribution is -0.116. The number of amides is 1. The van der Waals surface area contributed by atoms with E-state index in [0.29, 0.717) is 41.6 Å². The molecule has 0 bridgehead atoms. The number of carbonyl (C=O) groups is 1. The summed E-state index contributed by atoms with van der Waals surface area (Å²) >= 11 is 0. The summed E-state index contributed by atoms with van der Waals surface area (Å²) in [6.07, 6.45) is 4.42. The number of hydrogen-bond acceptors (Lipinski definition) is 6. The van der Waals surface area contributed by atoms with Gasteiger partial charge in [-0.05, 0) is 36.2 Å².